The highest BCUT2D eigenvalue weighted by Gasteiger charge is 2.36. The van der Waals surface area contributed by atoms with Gasteiger partial charge in [0.1, 0.15) is 0 Å². The first kappa shape index (κ1) is 12.3. The van der Waals surface area contributed by atoms with E-state index in [2.05, 4.69) is 10.6 Å². The van der Waals surface area contributed by atoms with Crippen molar-refractivity contribution in [2.24, 2.45) is 10.4 Å². The summed E-state index contributed by atoms with van der Waals surface area (Å²) in [5.41, 5.74) is 0.511. The molecule has 3 rings (SSSR count). The van der Waals surface area contributed by atoms with Crippen LogP contribution in [-0.4, -0.2) is 36.0 Å². The number of nitrogens with one attached hydrogen (secondary N) is 2. The smallest absolute Gasteiger partial charge is 0.220 e. The number of nitrogens with zero attached hydrogens (tertiary/aromatic N) is 1. The molecule has 0 bridgehead atoms. The Morgan fingerprint density at radius 3 is 2.89 bits per heavy atom. The van der Waals surface area contributed by atoms with Crippen LogP contribution in [0.2, 0.25) is 0 Å². The predicted octanol–water partition coefficient (Wildman–Crippen LogP) is 1.52. The van der Waals surface area contributed by atoms with E-state index in [-0.39, 0.29) is 5.91 Å². The topological polar surface area (TPSA) is 53.5 Å². The number of carbonyl (C=O) groups is 1. The number of rotatable bonds is 2. The van der Waals surface area contributed by atoms with E-state index in [4.69, 9.17) is 4.99 Å². The molecule has 2 heterocycles. The molecule has 0 radical (unpaired) electrons. The monoisotopic (exact) mass is 267 g/mol. The van der Waals surface area contributed by atoms with E-state index in [9.17, 15) is 4.79 Å². The summed E-state index contributed by atoms with van der Waals surface area (Å²) in [6.45, 7) is 1.82. The van der Waals surface area contributed by atoms with Gasteiger partial charge in [-0.15, -0.1) is 0 Å². The first-order chi connectivity index (χ1) is 8.76. The van der Waals surface area contributed by atoms with E-state index >= 15 is 0 Å². The second-order valence-electron chi connectivity index (χ2n) is 5.80. The first-order valence-corrected chi connectivity index (χ1v) is 7.95. The van der Waals surface area contributed by atoms with Gasteiger partial charge in [0.15, 0.2) is 5.17 Å². The summed E-state index contributed by atoms with van der Waals surface area (Å²) >= 11 is 1.87. The van der Waals surface area contributed by atoms with Gasteiger partial charge < -0.3 is 10.6 Å². The third-order valence-corrected chi connectivity index (χ3v) is 5.63. The number of thioether (sulfide) groups is 1. The normalized spacial score (nSPS) is 30.3. The standard InChI is InChI=1S/C13H21N3OS/c17-11-4-3-10(16-11)7-14-12-15-8-13(9-18-12)5-1-2-6-13/h10H,1-9H2,(H,14,15)(H,16,17). The second-order valence-corrected chi connectivity index (χ2v) is 6.77. The summed E-state index contributed by atoms with van der Waals surface area (Å²) in [6, 6.07) is 0.295. The molecule has 0 aromatic heterocycles. The molecular formula is C13H21N3OS. The van der Waals surface area contributed by atoms with Crippen LogP contribution in [0.4, 0.5) is 0 Å². The minimum Gasteiger partial charge on any atom is -0.363 e. The van der Waals surface area contributed by atoms with E-state index < -0.39 is 0 Å². The lowest BCUT2D eigenvalue weighted by Gasteiger charge is -2.31. The van der Waals surface area contributed by atoms with E-state index in [0.717, 1.165) is 24.7 Å². The van der Waals surface area contributed by atoms with Crippen molar-refractivity contribution < 1.29 is 4.79 Å². The summed E-state index contributed by atoms with van der Waals surface area (Å²) in [5, 5.41) is 7.44. The van der Waals surface area contributed by atoms with E-state index in [1.807, 2.05) is 11.8 Å². The van der Waals surface area contributed by atoms with Gasteiger partial charge in [-0.05, 0) is 24.7 Å². The molecule has 2 aliphatic heterocycles. The maximum Gasteiger partial charge on any atom is 0.220 e. The number of hydrogen-bond donors (Lipinski definition) is 2. The predicted molar refractivity (Wildman–Crippen MR) is 74.8 cm³/mol. The largest absolute Gasteiger partial charge is 0.363 e. The fourth-order valence-electron chi connectivity index (χ4n) is 3.13. The minimum absolute atomic E-state index is 0.185. The number of amidine groups is 1. The highest BCUT2D eigenvalue weighted by atomic mass is 32.2. The SMILES string of the molecule is O=C1CCC(CNC2=NCC3(CCCC3)CS2)N1. The molecule has 1 amide bonds. The zero-order chi connectivity index (χ0) is 12.4. The average Bonchev–Trinajstić information content (AvgIpc) is 2.99. The quantitative estimate of drug-likeness (QED) is 0.797. The van der Waals surface area contributed by atoms with Crippen LogP contribution in [0.15, 0.2) is 4.99 Å². The fraction of sp³-hybridized carbons (Fsp3) is 0.846. The fourth-order valence-corrected chi connectivity index (χ4v) is 4.29. The molecule has 1 unspecified atom stereocenters. The Hall–Kier alpha value is -0.710. The molecule has 1 atom stereocenters. The summed E-state index contributed by atoms with van der Waals surface area (Å²) in [6.07, 6.45) is 7.10. The zero-order valence-electron chi connectivity index (χ0n) is 10.7. The van der Waals surface area contributed by atoms with Crippen LogP contribution >= 0.6 is 11.8 Å². The first-order valence-electron chi connectivity index (χ1n) is 6.96. The lowest BCUT2D eigenvalue weighted by Crippen LogP contribution is -2.40. The number of aliphatic imine (C=N–C) groups is 1. The molecular weight excluding hydrogens is 246 g/mol. The van der Waals surface area contributed by atoms with Crippen molar-refractivity contribution in [1.82, 2.24) is 10.6 Å². The molecule has 1 aliphatic carbocycles. The van der Waals surface area contributed by atoms with Crippen LogP contribution in [0, 0.1) is 5.41 Å². The van der Waals surface area contributed by atoms with Crippen LogP contribution in [0.1, 0.15) is 38.5 Å². The third kappa shape index (κ3) is 2.66. The molecule has 1 spiro atoms. The van der Waals surface area contributed by atoms with Crippen LogP contribution in [-0.2, 0) is 4.79 Å². The van der Waals surface area contributed by atoms with E-state index in [1.165, 1.54) is 31.4 Å². The summed E-state index contributed by atoms with van der Waals surface area (Å²) in [4.78, 5) is 15.8. The highest BCUT2D eigenvalue weighted by Crippen LogP contribution is 2.43. The van der Waals surface area contributed by atoms with Crippen molar-refractivity contribution in [3.8, 4) is 0 Å². The van der Waals surface area contributed by atoms with Gasteiger partial charge in [0.25, 0.3) is 0 Å². The van der Waals surface area contributed by atoms with Crippen molar-refractivity contribution in [3.05, 3.63) is 0 Å². The van der Waals surface area contributed by atoms with Gasteiger partial charge in [-0.2, -0.15) is 0 Å². The van der Waals surface area contributed by atoms with Crippen LogP contribution < -0.4 is 10.6 Å². The Bertz CT molecular complexity index is 363. The second kappa shape index (κ2) is 5.11. The molecule has 3 aliphatic rings. The van der Waals surface area contributed by atoms with Crippen LogP contribution in [0.3, 0.4) is 0 Å². The lowest BCUT2D eigenvalue weighted by atomic mass is 9.89. The van der Waals surface area contributed by atoms with Crippen molar-refractivity contribution in [3.63, 3.8) is 0 Å². The van der Waals surface area contributed by atoms with Gasteiger partial charge in [-0.3, -0.25) is 9.79 Å². The average molecular weight is 267 g/mol. The maximum atomic E-state index is 11.1. The van der Waals surface area contributed by atoms with Gasteiger partial charge in [0.2, 0.25) is 5.91 Å². The van der Waals surface area contributed by atoms with Gasteiger partial charge in [0, 0.05) is 31.3 Å². The van der Waals surface area contributed by atoms with Crippen molar-refractivity contribution in [1.29, 1.82) is 0 Å². The Morgan fingerprint density at radius 1 is 1.44 bits per heavy atom. The number of hydrogen-bond acceptors (Lipinski definition) is 4. The van der Waals surface area contributed by atoms with Gasteiger partial charge in [-0.1, -0.05) is 24.6 Å². The van der Waals surface area contributed by atoms with E-state index in [0.29, 0.717) is 17.9 Å². The molecule has 2 fully saturated rings. The summed E-state index contributed by atoms with van der Waals surface area (Å²) in [7, 11) is 0. The molecule has 18 heavy (non-hydrogen) atoms. The van der Waals surface area contributed by atoms with Gasteiger partial charge >= 0.3 is 0 Å². The molecule has 0 aromatic carbocycles. The van der Waals surface area contributed by atoms with Gasteiger partial charge in [-0.25, -0.2) is 0 Å². The summed E-state index contributed by atoms with van der Waals surface area (Å²) in [5.74, 6) is 1.40. The van der Waals surface area contributed by atoms with Crippen molar-refractivity contribution in [2.45, 2.75) is 44.6 Å². The number of amides is 1. The maximum absolute atomic E-state index is 11.1. The summed E-state index contributed by atoms with van der Waals surface area (Å²) < 4.78 is 0. The Labute approximate surface area is 112 Å². The third-order valence-electron chi connectivity index (χ3n) is 4.32. The Morgan fingerprint density at radius 2 is 2.28 bits per heavy atom. The molecule has 4 nitrogen and oxygen atoms in total. The van der Waals surface area contributed by atoms with Crippen molar-refractivity contribution >= 4 is 22.8 Å². The molecule has 5 heteroatoms. The van der Waals surface area contributed by atoms with Gasteiger partial charge in [0.05, 0.1) is 0 Å². The molecule has 1 saturated carbocycles. The van der Waals surface area contributed by atoms with Crippen LogP contribution in [0.25, 0.3) is 0 Å². The Balaban J connectivity index is 1.46. The molecule has 1 saturated heterocycles. The highest BCUT2D eigenvalue weighted by molar-refractivity contribution is 8.13. The lowest BCUT2D eigenvalue weighted by molar-refractivity contribution is -0.119. The van der Waals surface area contributed by atoms with Crippen LogP contribution in [0.5, 0.6) is 0 Å². The minimum atomic E-state index is 0.185. The Kier molecular flexibility index (Phi) is 3.50. The number of carbonyl (C=O) groups excluding carboxylic acids is 1. The zero-order valence-corrected chi connectivity index (χ0v) is 11.5. The molecule has 100 valence electrons. The molecule has 0 aromatic rings. The molecule has 2 N–H and O–H groups in total. The van der Waals surface area contributed by atoms with Crippen molar-refractivity contribution in [2.75, 3.05) is 18.8 Å². The van der Waals surface area contributed by atoms with E-state index in [1.54, 1.807) is 0 Å².